The minimum Gasteiger partial charge on any atom is -0.390 e. The van der Waals surface area contributed by atoms with Gasteiger partial charge in [-0.1, -0.05) is 36.4 Å². The molecule has 0 fully saturated rings. The second-order valence-electron chi connectivity index (χ2n) is 5.31. The van der Waals surface area contributed by atoms with Gasteiger partial charge in [0.25, 0.3) is 0 Å². The van der Waals surface area contributed by atoms with Crippen molar-refractivity contribution in [3.05, 3.63) is 10.2 Å². The summed E-state index contributed by atoms with van der Waals surface area (Å²) in [5.74, 6) is 0. The first-order valence-corrected chi connectivity index (χ1v) is 8.70. The van der Waals surface area contributed by atoms with Gasteiger partial charge in [0, 0.05) is 11.5 Å². The number of hydrogen-bond donors (Lipinski definition) is 1. The summed E-state index contributed by atoms with van der Waals surface area (Å²) in [6.07, 6.45) is 2.50. The Bertz CT molecular complexity index is 238. The number of rotatable bonds is 1. The summed E-state index contributed by atoms with van der Waals surface area (Å²) in [5.41, 5.74) is -0.569. The lowest BCUT2D eigenvalue weighted by Gasteiger charge is -2.34. The first kappa shape index (κ1) is 11.3. The molecule has 1 N–H and O–H groups in total. The van der Waals surface area contributed by atoms with E-state index in [9.17, 15) is 5.11 Å². The highest BCUT2D eigenvalue weighted by Gasteiger charge is 2.33. The van der Waals surface area contributed by atoms with E-state index in [4.69, 9.17) is 11.6 Å². The van der Waals surface area contributed by atoms with Gasteiger partial charge in [0.2, 0.25) is 0 Å². The predicted octanol–water partition coefficient (Wildman–Crippen LogP) is 3.29. The summed E-state index contributed by atoms with van der Waals surface area (Å²) in [6, 6.07) is 0. The van der Waals surface area contributed by atoms with E-state index in [0.29, 0.717) is 6.42 Å². The SMILES string of the molecule is CC1(O)CCC([Si](C)(C)C)=C(Cl)C1. The van der Waals surface area contributed by atoms with Crippen LogP contribution in [-0.4, -0.2) is 18.8 Å². The van der Waals surface area contributed by atoms with E-state index in [1.807, 2.05) is 6.92 Å². The fourth-order valence-electron chi connectivity index (χ4n) is 1.84. The zero-order chi connectivity index (χ0) is 10.3. The van der Waals surface area contributed by atoms with Gasteiger partial charge in [0.1, 0.15) is 0 Å². The summed E-state index contributed by atoms with van der Waals surface area (Å²) < 4.78 is 0. The molecule has 13 heavy (non-hydrogen) atoms. The Balaban J connectivity index is 2.90. The molecule has 0 saturated carbocycles. The van der Waals surface area contributed by atoms with Gasteiger partial charge in [-0.3, -0.25) is 0 Å². The normalized spacial score (nSPS) is 30.9. The number of allylic oxidation sites excluding steroid dienone is 1. The van der Waals surface area contributed by atoms with Gasteiger partial charge in [-0.2, -0.15) is 0 Å². The van der Waals surface area contributed by atoms with E-state index in [0.717, 1.165) is 17.9 Å². The largest absolute Gasteiger partial charge is 0.390 e. The van der Waals surface area contributed by atoms with Gasteiger partial charge >= 0.3 is 0 Å². The van der Waals surface area contributed by atoms with Crippen LogP contribution in [0.25, 0.3) is 0 Å². The van der Waals surface area contributed by atoms with Crippen LogP contribution >= 0.6 is 11.6 Å². The number of hydrogen-bond acceptors (Lipinski definition) is 1. The predicted molar refractivity (Wildman–Crippen MR) is 60.7 cm³/mol. The molecule has 0 aromatic carbocycles. The summed E-state index contributed by atoms with van der Waals surface area (Å²) in [6.45, 7) is 8.80. The Morgan fingerprint density at radius 3 is 2.31 bits per heavy atom. The molecule has 0 aromatic heterocycles. The zero-order valence-corrected chi connectivity index (χ0v) is 10.7. The van der Waals surface area contributed by atoms with Gasteiger partial charge in [-0.05, 0) is 19.8 Å². The molecule has 0 saturated heterocycles. The van der Waals surface area contributed by atoms with Crippen LogP contribution in [0.3, 0.4) is 0 Å². The molecule has 1 aliphatic carbocycles. The topological polar surface area (TPSA) is 20.2 Å². The lowest BCUT2D eigenvalue weighted by Crippen LogP contribution is -2.34. The molecule has 1 rings (SSSR count). The fourth-order valence-corrected chi connectivity index (χ4v) is 4.85. The molecular weight excluding hydrogens is 200 g/mol. The third-order valence-corrected chi connectivity index (χ3v) is 5.57. The van der Waals surface area contributed by atoms with E-state index >= 15 is 0 Å². The lowest BCUT2D eigenvalue weighted by molar-refractivity contribution is 0.0490. The van der Waals surface area contributed by atoms with Crippen molar-refractivity contribution in [2.45, 2.75) is 51.4 Å². The summed E-state index contributed by atoms with van der Waals surface area (Å²) in [7, 11) is -1.25. The van der Waals surface area contributed by atoms with Crippen LogP contribution < -0.4 is 0 Å². The fraction of sp³-hybridized carbons (Fsp3) is 0.800. The number of aliphatic hydroxyl groups is 1. The molecular formula is C10H19ClOSi. The van der Waals surface area contributed by atoms with Crippen LogP contribution in [0.5, 0.6) is 0 Å². The van der Waals surface area contributed by atoms with Gasteiger partial charge in [-0.15, -0.1) is 0 Å². The minimum absolute atomic E-state index is 0.569. The first-order chi connectivity index (χ1) is 5.72. The van der Waals surface area contributed by atoms with Crippen LogP contribution in [0.2, 0.25) is 19.6 Å². The molecule has 0 bridgehead atoms. The van der Waals surface area contributed by atoms with Crippen molar-refractivity contribution >= 4 is 19.7 Å². The molecule has 0 radical (unpaired) electrons. The van der Waals surface area contributed by atoms with E-state index in [2.05, 4.69) is 19.6 Å². The molecule has 1 aliphatic rings. The van der Waals surface area contributed by atoms with Crippen molar-refractivity contribution in [2.75, 3.05) is 0 Å². The highest BCUT2D eigenvalue weighted by molar-refractivity contribution is 6.83. The van der Waals surface area contributed by atoms with E-state index in [1.165, 1.54) is 5.20 Å². The van der Waals surface area contributed by atoms with E-state index in [-0.39, 0.29) is 0 Å². The average molecular weight is 219 g/mol. The highest BCUT2D eigenvalue weighted by atomic mass is 35.5. The Kier molecular flexibility index (Phi) is 2.96. The summed E-state index contributed by atoms with van der Waals surface area (Å²) >= 11 is 6.21. The van der Waals surface area contributed by atoms with Crippen LogP contribution in [0.15, 0.2) is 10.2 Å². The number of halogens is 1. The highest BCUT2D eigenvalue weighted by Crippen LogP contribution is 2.38. The maximum absolute atomic E-state index is 9.83. The van der Waals surface area contributed by atoms with Crippen molar-refractivity contribution < 1.29 is 5.11 Å². The van der Waals surface area contributed by atoms with Crippen LogP contribution in [0, 0.1) is 0 Å². The molecule has 0 aromatic rings. The third-order valence-electron chi connectivity index (χ3n) is 2.68. The van der Waals surface area contributed by atoms with Crippen LogP contribution in [0.4, 0.5) is 0 Å². The molecule has 1 atom stereocenters. The Morgan fingerprint density at radius 2 is 1.92 bits per heavy atom. The Labute approximate surface area is 86.8 Å². The molecule has 0 aliphatic heterocycles. The van der Waals surface area contributed by atoms with Crippen molar-refractivity contribution in [2.24, 2.45) is 0 Å². The summed E-state index contributed by atoms with van der Waals surface area (Å²) in [4.78, 5) is 0. The molecule has 0 amide bonds. The van der Waals surface area contributed by atoms with E-state index in [1.54, 1.807) is 0 Å². The average Bonchev–Trinajstić information content (AvgIpc) is 1.80. The van der Waals surface area contributed by atoms with E-state index < -0.39 is 13.7 Å². The maximum atomic E-state index is 9.83. The molecule has 1 nitrogen and oxygen atoms in total. The smallest absolute Gasteiger partial charge is 0.0739 e. The van der Waals surface area contributed by atoms with Crippen molar-refractivity contribution in [1.82, 2.24) is 0 Å². The van der Waals surface area contributed by atoms with Gasteiger partial charge in [0.15, 0.2) is 0 Å². The lowest BCUT2D eigenvalue weighted by atomic mass is 9.91. The van der Waals surface area contributed by atoms with Crippen molar-refractivity contribution in [3.63, 3.8) is 0 Å². The van der Waals surface area contributed by atoms with Gasteiger partial charge in [0.05, 0.1) is 13.7 Å². The molecule has 0 heterocycles. The second kappa shape index (κ2) is 3.41. The van der Waals surface area contributed by atoms with Crippen molar-refractivity contribution in [1.29, 1.82) is 0 Å². The minimum atomic E-state index is -1.25. The molecule has 76 valence electrons. The zero-order valence-electron chi connectivity index (χ0n) is 8.95. The monoisotopic (exact) mass is 218 g/mol. The van der Waals surface area contributed by atoms with Crippen LogP contribution in [0.1, 0.15) is 26.2 Å². The van der Waals surface area contributed by atoms with Crippen molar-refractivity contribution in [3.8, 4) is 0 Å². The van der Waals surface area contributed by atoms with Gasteiger partial charge in [-0.25, -0.2) is 0 Å². The third kappa shape index (κ3) is 2.83. The Hall–Kier alpha value is 0.207. The molecule has 1 unspecified atom stereocenters. The second-order valence-corrected chi connectivity index (χ2v) is 10.9. The summed E-state index contributed by atoms with van der Waals surface area (Å²) in [5, 5.41) is 12.2. The van der Waals surface area contributed by atoms with Crippen LogP contribution in [-0.2, 0) is 0 Å². The maximum Gasteiger partial charge on any atom is 0.0739 e. The van der Waals surface area contributed by atoms with Gasteiger partial charge < -0.3 is 5.11 Å². The first-order valence-electron chi connectivity index (χ1n) is 4.83. The molecule has 0 spiro atoms. The Morgan fingerprint density at radius 1 is 1.38 bits per heavy atom. The molecule has 3 heteroatoms. The standard InChI is InChI=1S/C10H19ClOSi/c1-10(12)6-5-9(8(11)7-10)13(2,3)4/h12H,5-7H2,1-4H3. The quantitative estimate of drug-likeness (QED) is 0.670.